The molecule has 0 aliphatic rings. The van der Waals surface area contributed by atoms with Crippen LogP contribution >= 0.6 is 23.5 Å². The Morgan fingerprint density at radius 2 is 1.78 bits per heavy atom. The van der Waals surface area contributed by atoms with Gasteiger partial charge in [-0.1, -0.05) is 43.6 Å². The van der Waals surface area contributed by atoms with E-state index in [1.807, 2.05) is 79.8 Å². The maximum Gasteiger partial charge on any atom is 0.143 e. The summed E-state index contributed by atoms with van der Waals surface area (Å²) < 4.78 is 12.5. The van der Waals surface area contributed by atoms with Crippen molar-refractivity contribution in [2.24, 2.45) is 0 Å². The lowest BCUT2D eigenvalue weighted by Gasteiger charge is -2.23. The van der Waals surface area contributed by atoms with E-state index in [1.54, 1.807) is 26.5 Å². The van der Waals surface area contributed by atoms with Crippen LogP contribution < -0.4 is 19.1 Å². The van der Waals surface area contributed by atoms with Crippen LogP contribution in [0.15, 0.2) is 71.8 Å². The van der Waals surface area contributed by atoms with Crippen LogP contribution in [-0.2, 0) is 4.79 Å². The Hall–Kier alpha value is -2.90. The zero-order valence-corrected chi connectivity index (χ0v) is 20.6. The first kappa shape index (κ1) is 27.1. The van der Waals surface area contributed by atoms with Gasteiger partial charge in [0.25, 0.3) is 0 Å². The van der Waals surface area contributed by atoms with Crippen LogP contribution in [0.3, 0.4) is 0 Å². The fourth-order valence-electron chi connectivity index (χ4n) is 2.41. The maximum atomic E-state index is 11.0. The SMILES string of the molecule is CC.CNc1ccnc(Cl)c1.COc1ccc(OC)c(N(CC=O)Sc2ccccc2)c1. The summed E-state index contributed by atoms with van der Waals surface area (Å²) >= 11 is 7.05. The third-order valence-electron chi connectivity index (χ3n) is 3.87. The number of carbonyl (C=O) groups excluding carboxylic acids is 1. The van der Waals surface area contributed by atoms with E-state index in [2.05, 4.69) is 10.3 Å². The minimum Gasteiger partial charge on any atom is -0.497 e. The molecule has 0 atom stereocenters. The molecule has 0 spiro atoms. The van der Waals surface area contributed by atoms with Gasteiger partial charge in [0.15, 0.2) is 0 Å². The monoisotopic (exact) mass is 475 g/mol. The summed E-state index contributed by atoms with van der Waals surface area (Å²) in [4.78, 5) is 15.9. The van der Waals surface area contributed by atoms with Crippen molar-refractivity contribution in [3.63, 3.8) is 0 Å². The second-order valence-corrected chi connectivity index (χ2v) is 7.27. The molecule has 2 aromatic carbocycles. The number of methoxy groups -OCH3 is 2. The number of nitrogens with one attached hydrogen (secondary N) is 1. The number of ether oxygens (including phenoxy) is 2. The number of rotatable bonds is 8. The first-order chi connectivity index (χ1) is 15.6. The molecule has 8 heteroatoms. The lowest BCUT2D eigenvalue weighted by atomic mass is 10.2. The molecule has 0 saturated carbocycles. The molecule has 1 aromatic heterocycles. The highest BCUT2D eigenvalue weighted by atomic mass is 35.5. The van der Waals surface area contributed by atoms with Crippen LogP contribution in [0.1, 0.15) is 13.8 Å². The van der Waals surface area contributed by atoms with E-state index < -0.39 is 0 Å². The van der Waals surface area contributed by atoms with Gasteiger partial charge in [0.2, 0.25) is 0 Å². The van der Waals surface area contributed by atoms with Crippen LogP contribution in [0.5, 0.6) is 11.5 Å². The van der Waals surface area contributed by atoms with Gasteiger partial charge in [-0.25, -0.2) is 4.98 Å². The molecule has 0 amide bonds. The van der Waals surface area contributed by atoms with Gasteiger partial charge in [0.05, 0.1) is 26.5 Å². The molecule has 0 radical (unpaired) electrons. The number of benzene rings is 2. The summed E-state index contributed by atoms with van der Waals surface area (Å²) in [5.41, 5.74) is 1.79. The van der Waals surface area contributed by atoms with Crippen molar-refractivity contribution < 1.29 is 14.3 Å². The van der Waals surface area contributed by atoms with Crippen LogP contribution in [-0.4, -0.2) is 39.1 Å². The number of anilines is 2. The van der Waals surface area contributed by atoms with Gasteiger partial charge in [-0.15, -0.1) is 0 Å². The van der Waals surface area contributed by atoms with Gasteiger partial charge in [-0.05, 0) is 48.3 Å². The topological polar surface area (TPSA) is 63.7 Å². The second-order valence-electron chi connectivity index (χ2n) is 5.79. The molecular formula is C24H30ClN3O3S. The summed E-state index contributed by atoms with van der Waals surface area (Å²) in [7, 11) is 5.06. The van der Waals surface area contributed by atoms with Gasteiger partial charge in [-0.3, -0.25) is 0 Å². The van der Waals surface area contributed by atoms with Crippen molar-refractivity contribution in [1.29, 1.82) is 0 Å². The van der Waals surface area contributed by atoms with Crippen molar-refractivity contribution in [3.05, 3.63) is 72.0 Å². The molecule has 32 heavy (non-hydrogen) atoms. The molecule has 1 N–H and O–H groups in total. The fourth-order valence-corrected chi connectivity index (χ4v) is 3.49. The molecule has 1 heterocycles. The molecule has 3 rings (SSSR count). The number of nitrogens with zero attached hydrogens (tertiary/aromatic N) is 2. The number of pyridine rings is 1. The molecule has 0 aliphatic heterocycles. The molecule has 0 unspecified atom stereocenters. The highest BCUT2D eigenvalue weighted by Gasteiger charge is 2.14. The average molecular weight is 476 g/mol. The van der Waals surface area contributed by atoms with Crippen molar-refractivity contribution >= 4 is 41.2 Å². The fraction of sp³-hybridized carbons (Fsp3) is 0.250. The third-order valence-corrected chi connectivity index (χ3v) is 5.12. The predicted octanol–water partition coefficient (Wildman–Crippen LogP) is 6.22. The quantitative estimate of drug-likeness (QED) is 0.235. The molecule has 0 aliphatic carbocycles. The van der Waals surface area contributed by atoms with Gasteiger partial charge >= 0.3 is 0 Å². The Morgan fingerprint density at radius 1 is 1.06 bits per heavy atom. The highest BCUT2D eigenvalue weighted by Crippen LogP contribution is 2.37. The van der Waals surface area contributed by atoms with Crippen LogP contribution in [0.2, 0.25) is 5.15 Å². The van der Waals surface area contributed by atoms with Gasteiger partial charge in [-0.2, -0.15) is 0 Å². The second kappa shape index (κ2) is 15.8. The molecule has 0 saturated heterocycles. The molecular weight excluding hydrogens is 446 g/mol. The average Bonchev–Trinajstić information content (AvgIpc) is 2.85. The number of halogens is 1. The van der Waals surface area contributed by atoms with Crippen LogP contribution in [0.25, 0.3) is 0 Å². The van der Waals surface area contributed by atoms with E-state index >= 15 is 0 Å². The van der Waals surface area contributed by atoms with Crippen molar-refractivity contribution in [3.8, 4) is 11.5 Å². The Morgan fingerprint density at radius 3 is 2.31 bits per heavy atom. The molecule has 6 nitrogen and oxygen atoms in total. The number of aldehydes is 1. The number of hydrogen-bond donors (Lipinski definition) is 1. The Balaban J connectivity index is 0.000000388. The van der Waals surface area contributed by atoms with E-state index in [-0.39, 0.29) is 6.54 Å². The van der Waals surface area contributed by atoms with Gasteiger partial charge in [0.1, 0.15) is 22.9 Å². The van der Waals surface area contributed by atoms with Gasteiger partial charge in [0, 0.05) is 29.9 Å². The first-order valence-electron chi connectivity index (χ1n) is 10.1. The number of hydrogen-bond acceptors (Lipinski definition) is 7. The molecule has 0 bridgehead atoms. The lowest BCUT2D eigenvalue weighted by molar-refractivity contribution is -0.106. The first-order valence-corrected chi connectivity index (χ1v) is 11.2. The summed E-state index contributed by atoms with van der Waals surface area (Å²) in [6.07, 6.45) is 2.53. The van der Waals surface area contributed by atoms with Crippen LogP contribution in [0.4, 0.5) is 11.4 Å². The smallest absolute Gasteiger partial charge is 0.143 e. The maximum absolute atomic E-state index is 11.0. The largest absolute Gasteiger partial charge is 0.497 e. The number of aromatic nitrogens is 1. The van der Waals surface area contributed by atoms with E-state index in [9.17, 15) is 4.79 Å². The van der Waals surface area contributed by atoms with Crippen molar-refractivity contribution in [2.45, 2.75) is 18.7 Å². The summed E-state index contributed by atoms with van der Waals surface area (Å²) in [6, 6.07) is 19.0. The van der Waals surface area contributed by atoms with Crippen molar-refractivity contribution in [1.82, 2.24) is 4.98 Å². The predicted molar refractivity (Wildman–Crippen MR) is 135 cm³/mol. The normalized spacial score (nSPS) is 9.31. The summed E-state index contributed by atoms with van der Waals surface area (Å²) in [6.45, 7) is 4.25. The minimum atomic E-state index is 0.253. The standard InChI is InChI=1S/C16H17NO3S.C6H7ClN2.C2H6/c1-19-13-8-9-16(20-2)15(12-13)17(10-11-18)21-14-6-4-3-5-7-14;1-8-5-2-3-9-6(7)4-5;1-2/h3-9,11-12H,10H2,1-2H3;2-4H,1H3,(H,8,9);1-2H3. The van der Waals surface area contributed by atoms with E-state index in [4.69, 9.17) is 21.1 Å². The van der Waals surface area contributed by atoms with E-state index in [1.165, 1.54) is 11.9 Å². The van der Waals surface area contributed by atoms with Crippen molar-refractivity contribution in [2.75, 3.05) is 37.4 Å². The zero-order valence-electron chi connectivity index (χ0n) is 19.0. The molecule has 0 fully saturated rings. The molecule has 3 aromatic rings. The van der Waals surface area contributed by atoms with E-state index in [0.29, 0.717) is 10.9 Å². The minimum absolute atomic E-state index is 0.253. The Labute approximate surface area is 200 Å². The summed E-state index contributed by atoms with van der Waals surface area (Å²) in [5.74, 6) is 1.41. The summed E-state index contributed by atoms with van der Waals surface area (Å²) in [5, 5.41) is 3.46. The highest BCUT2D eigenvalue weighted by molar-refractivity contribution is 8.00. The third kappa shape index (κ3) is 9.08. The Bertz CT molecular complexity index is 929. The lowest BCUT2D eigenvalue weighted by Crippen LogP contribution is -2.17. The van der Waals surface area contributed by atoms with Crippen LogP contribution in [0, 0.1) is 0 Å². The molecule has 172 valence electrons. The number of carbonyl (C=O) groups is 1. The van der Waals surface area contributed by atoms with Gasteiger partial charge < -0.3 is 23.9 Å². The van der Waals surface area contributed by atoms with E-state index in [0.717, 1.165) is 28.3 Å². The Kier molecular flexibility index (Phi) is 13.4. The zero-order chi connectivity index (χ0) is 23.8.